The van der Waals surface area contributed by atoms with Crippen molar-refractivity contribution in [2.24, 2.45) is 5.41 Å². The van der Waals surface area contributed by atoms with Crippen LogP contribution in [0.3, 0.4) is 0 Å². The number of aryl methyl sites for hydroxylation is 1. The van der Waals surface area contributed by atoms with Crippen LogP contribution in [0.2, 0.25) is 10.0 Å². The molecule has 4 nitrogen and oxygen atoms in total. The first-order valence-corrected chi connectivity index (χ1v) is 11.7. The standard InChI is InChI=1S/C25H23Cl2N3O/c1-24(2)15-9-10-25(24,23(31)30-11-5-7-14-6-3-4-8-20(14)30)22-21(15)28-18-12-16(26)17(27)13-19(18)29-22/h3-4,6,8,12-13,15H,5,7,9-11H2,1-2H3. The lowest BCUT2D eigenvalue weighted by atomic mass is 9.67. The minimum Gasteiger partial charge on any atom is -0.311 e. The zero-order valence-electron chi connectivity index (χ0n) is 17.6. The average Bonchev–Trinajstić information content (AvgIpc) is 3.13. The summed E-state index contributed by atoms with van der Waals surface area (Å²) in [6, 6.07) is 11.8. The number of benzene rings is 2. The van der Waals surface area contributed by atoms with Crippen LogP contribution < -0.4 is 4.90 Å². The van der Waals surface area contributed by atoms with Gasteiger partial charge in [-0.2, -0.15) is 0 Å². The molecule has 31 heavy (non-hydrogen) atoms. The lowest BCUT2D eigenvalue weighted by Crippen LogP contribution is -2.53. The molecule has 2 bridgehead atoms. The molecule has 2 unspecified atom stereocenters. The van der Waals surface area contributed by atoms with Crippen molar-refractivity contribution in [3.8, 4) is 0 Å². The fourth-order valence-corrected chi connectivity index (χ4v) is 6.64. The third-order valence-corrected chi connectivity index (χ3v) is 8.69. The van der Waals surface area contributed by atoms with Gasteiger partial charge in [0.2, 0.25) is 5.91 Å². The molecule has 2 aliphatic carbocycles. The van der Waals surface area contributed by atoms with Crippen molar-refractivity contribution in [1.29, 1.82) is 0 Å². The van der Waals surface area contributed by atoms with Crippen molar-refractivity contribution in [2.45, 2.75) is 50.9 Å². The fourth-order valence-electron chi connectivity index (χ4n) is 6.32. The minimum absolute atomic E-state index is 0.166. The third kappa shape index (κ3) is 2.41. The van der Waals surface area contributed by atoms with Gasteiger partial charge in [0.15, 0.2) is 0 Å². The van der Waals surface area contributed by atoms with Gasteiger partial charge >= 0.3 is 0 Å². The quantitative estimate of drug-likeness (QED) is 0.450. The zero-order valence-corrected chi connectivity index (χ0v) is 19.1. The van der Waals surface area contributed by atoms with Gasteiger partial charge in [-0.1, -0.05) is 55.2 Å². The van der Waals surface area contributed by atoms with Crippen LogP contribution >= 0.6 is 23.2 Å². The van der Waals surface area contributed by atoms with Crippen molar-refractivity contribution in [1.82, 2.24) is 9.97 Å². The van der Waals surface area contributed by atoms with Crippen LogP contribution in [0.4, 0.5) is 5.69 Å². The highest BCUT2D eigenvalue weighted by Gasteiger charge is 2.68. The summed E-state index contributed by atoms with van der Waals surface area (Å²) in [5.74, 6) is 0.373. The van der Waals surface area contributed by atoms with E-state index in [1.165, 1.54) is 5.56 Å². The second kappa shape index (κ2) is 6.43. The van der Waals surface area contributed by atoms with Gasteiger partial charge < -0.3 is 4.90 Å². The van der Waals surface area contributed by atoms with Crippen molar-refractivity contribution in [3.05, 3.63) is 63.4 Å². The Morgan fingerprint density at radius 1 is 1.10 bits per heavy atom. The Bertz CT molecular complexity index is 1270. The van der Waals surface area contributed by atoms with Crippen LogP contribution in [0.25, 0.3) is 11.0 Å². The first-order valence-electron chi connectivity index (χ1n) is 10.9. The van der Waals surface area contributed by atoms with Crippen molar-refractivity contribution < 1.29 is 4.79 Å². The van der Waals surface area contributed by atoms with Gasteiger partial charge in [0.05, 0.1) is 37.9 Å². The largest absolute Gasteiger partial charge is 0.311 e. The number of hydrogen-bond acceptors (Lipinski definition) is 3. The van der Waals surface area contributed by atoms with E-state index in [0.717, 1.165) is 54.8 Å². The van der Waals surface area contributed by atoms with E-state index in [4.69, 9.17) is 33.2 Å². The molecule has 1 fully saturated rings. The van der Waals surface area contributed by atoms with Crippen LogP contribution in [-0.4, -0.2) is 22.4 Å². The van der Waals surface area contributed by atoms with E-state index in [-0.39, 0.29) is 17.2 Å². The summed E-state index contributed by atoms with van der Waals surface area (Å²) >= 11 is 12.5. The number of carbonyl (C=O) groups is 1. The molecule has 1 saturated carbocycles. The molecule has 6 rings (SSSR count). The van der Waals surface area contributed by atoms with Gasteiger partial charge in [-0.3, -0.25) is 4.79 Å². The number of aromatic nitrogens is 2. The Labute approximate surface area is 191 Å². The number of carbonyl (C=O) groups excluding carboxylic acids is 1. The van der Waals surface area contributed by atoms with Crippen LogP contribution in [0.1, 0.15) is 56.0 Å². The summed E-state index contributed by atoms with van der Waals surface area (Å²) in [4.78, 5) is 26.4. The summed E-state index contributed by atoms with van der Waals surface area (Å²) in [5.41, 5.74) is 4.59. The maximum Gasteiger partial charge on any atom is 0.239 e. The predicted molar refractivity (Wildman–Crippen MR) is 124 cm³/mol. The summed E-state index contributed by atoms with van der Waals surface area (Å²) in [5, 5.41) is 0.928. The molecule has 0 saturated heterocycles. The van der Waals surface area contributed by atoms with E-state index in [1.54, 1.807) is 12.1 Å². The van der Waals surface area contributed by atoms with E-state index in [2.05, 4.69) is 32.0 Å². The SMILES string of the molecule is CC1(C)C2CCC1(C(=O)N1CCCc3ccccc31)c1nc3cc(Cl)c(Cl)cc3nc12. The Hall–Kier alpha value is -2.17. The zero-order chi connectivity index (χ0) is 21.5. The molecule has 158 valence electrons. The Morgan fingerprint density at radius 2 is 1.81 bits per heavy atom. The molecule has 2 aromatic carbocycles. The fraction of sp³-hybridized carbons (Fsp3) is 0.400. The number of anilines is 1. The highest BCUT2D eigenvalue weighted by Crippen LogP contribution is 2.67. The van der Waals surface area contributed by atoms with Gasteiger partial charge in [-0.15, -0.1) is 0 Å². The molecule has 1 aliphatic heterocycles. The molecular formula is C25H23Cl2N3O. The topological polar surface area (TPSA) is 46.1 Å². The minimum atomic E-state index is -0.676. The van der Waals surface area contributed by atoms with E-state index >= 15 is 0 Å². The number of hydrogen-bond donors (Lipinski definition) is 0. The lowest BCUT2D eigenvalue weighted by molar-refractivity contribution is -0.127. The van der Waals surface area contributed by atoms with Gasteiger partial charge in [-0.25, -0.2) is 9.97 Å². The van der Waals surface area contributed by atoms with E-state index in [9.17, 15) is 4.79 Å². The number of nitrogens with zero attached hydrogens (tertiary/aromatic N) is 3. The molecule has 1 aromatic heterocycles. The smallest absolute Gasteiger partial charge is 0.239 e. The second-order valence-corrected chi connectivity index (χ2v) is 10.4. The van der Waals surface area contributed by atoms with Crippen LogP contribution in [-0.2, 0) is 16.6 Å². The molecule has 2 atom stereocenters. The molecule has 0 N–H and O–H groups in total. The van der Waals surface area contributed by atoms with Crippen molar-refractivity contribution >= 4 is 45.8 Å². The number of amides is 1. The number of para-hydroxylation sites is 1. The molecule has 3 aliphatic rings. The van der Waals surface area contributed by atoms with Crippen LogP contribution in [0.5, 0.6) is 0 Å². The van der Waals surface area contributed by atoms with Crippen molar-refractivity contribution in [3.63, 3.8) is 0 Å². The highest BCUT2D eigenvalue weighted by atomic mass is 35.5. The summed E-state index contributed by atoms with van der Waals surface area (Å²) in [6.45, 7) is 5.18. The predicted octanol–water partition coefficient (Wildman–Crippen LogP) is 6.07. The van der Waals surface area contributed by atoms with Gasteiger partial charge in [0.1, 0.15) is 0 Å². The van der Waals surface area contributed by atoms with Crippen molar-refractivity contribution in [2.75, 3.05) is 11.4 Å². The monoisotopic (exact) mass is 451 g/mol. The maximum absolute atomic E-state index is 14.4. The van der Waals surface area contributed by atoms with E-state index < -0.39 is 5.41 Å². The molecule has 1 amide bonds. The molecule has 0 spiro atoms. The molecule has 0 radical (unpaired) electrons. The van der Waals surface area contributed by atoms with E-state index in [1.807, 2.05) is 11.0 Å². The summed E-state index contributed by atoms with van der Waals surface area (Å²) < 4.78 is 0. The molecule has 2 heterocycles. The Kier molecular flexibility index (Phi) is 4.05. The first-order chi connectivity index (χ1) is 14.8. The maximum atomic E-state index is 14.4. The van der Waals surface area contributed by atoms with Gasteiger partial charge in [0, 0.05) is 18.2 Å². The average molecular weight is 452 g/mol. The normalized spacial score (nSPS) is 25.5. The van der Waals surface area contributed by atoms with Gasteiger partial charge in [-0.05, 0) is 54.9 Å². The Morgan fingerprint density at radius 3 is 2.58 bits per heavy atom. The molecular weight excluding hydrogens is 429 g/mol. The third-order valence-electron chi connectivity index (χ3n) is 7.97. The first kappa shape index (κ1) is 19.5. The van der Waals surface area contributed by atoms with Crippen LogP contribution in [0.15, 0.2) is 36.4 Å². The van der Waals surface area contributed by atoms with Crippen LogP contribution in [0, 0.1) is 5.41 Å². The summed E-state index contributed by atoms with van der Waals surface area (Å²) in [6.07, 6.45) is 3.74. The summed E-state index contributed by atoms with van der Waals surface area (Å²) in [7, 11) is 0. The molecule has 6 heteroatoms. The van der Waals surface area contributed by atoms with Gasteiger partial charge in [0.25, 0.3) is 0 Å². The molecule has 3 aromatic rings. The lowest BCUT2D eigenvalue weighted by Gasteiger charge is -2.42. The second-order valence-electron chi connectivity index (χ2n) is 9.62. The number of halogens is 2. The van der Waals surface area contributed by atoms with E-state index in [0.29, 0.717) is 15.6 Å². The Balaban J connectivity index is 1.56. The number of fused-ring (bicyclic) bond motifs is 7. The number of rotatable bonds is 1. The highest BCUT2D eigenvalue weighted by molar-refractivity contribution is 6.42.